The van der Waals surface area contributed by atoms with Gasteiger partial charge in [0.25, 0.3) is 5.91 Å². The highest BCUT2D eigenvalue weighted by atomic mass is 79.9. The molecule has 1 fully saturated rings. The molecule has 1 atom stereocenters. The average molecular weight is 380 g/mol. The minimum atomic E-state index is -0.355. The summed E-state index contributed by atoms with van der Waals surface area (Å²) >= 11 is 3.44. The summed E-state index contributed by atoms with van der Waals surface area (Å²) in [5.41, 5.74) is 2.37. The summed E-state index contributed by atoms with van der Waals surface area (Å²) in [6, 6.07) is 11.7. The van der Waals surface area contributed by atoms with Crippen LogP contribution in [0.5, 0.6) is 5.75 Å². The average Bonchev–Trinajstić information content (AvgIpc) is 2.59. The standard InChI is InChI=1S/C17H18BrNO4/c18-14-6-4-13-10-15(7-5-12(13)9-14)22-11-16(20)19-23-17-3-1-2-8-21-17/h4-7,9-10,17H,1-3,8,11H2,(H,19,20)/t17-/m1/s1. The number of amides is 1. The Balaban J connectivity index is 1.49. The van der Waals surface area contributed by atoms with Crippen molar-refractivity contribution in [3.63, 3.8) is 0 Å². The van der Waals surface area contributed by atoms with E-state index in [-0.39, 0.29) is 18.8 Å². The highest BCUT2D eigenvalue weighted by molar-refractivity contribution is 9.10. The van der Waals surface area contributed by atoms with Crippen molar-refractivity contribution in [3.8, 4) is 5.75 Å². The van der Waals surface area contributed by atoms with Crippen LogP contribution in [0.2, 0.25) is 0 Å². The topological polar surface area (TPSA) is 56.8 Å². The van der Waals surface area contributed by atoms with Crippen molar-refractivity contribution in [2.24, 2.45) is 0 Å². The second kappa shape index (κ2) is 7.77. The first-order valence-corrected chi connectivity index (χ1v) is 8.38. The van der Waals surface area contributed by atoms with Crippen LogP contribution in [-0.4, -0.2) is 25.4 Å². The Morgan fingerprint density at radius 1 is 1.22 bits per heavy atom. The Bertz CT molecular complexity index is 685. The zero-order chi connectivity index (χ0) is 16.1. The van der Waals surface area contributed by atoms with Gasteiger partial charge in [0.2, 0.25) is 0 Å². The predicted octanol–water partition coefficient (Wildman–Crippen LogP) is 3.56. The molecule has 1 aliphatic rings. The molecule has 2 aromatic rings. The summed E-state index contributed by atoms with van der Waals surface area (Å²) in [5.74, 6) is 0.305. The van der Waals surface area contributed by atoms with E-state index >= 15 is 0 Å². The summed E-state index contributed by atoms with van der Waals surface area (Å²) in [6.45, 7) is 0.568. The minimum absolute atomic E-state index is 0.102. The molecule has 0 bridgehead atoms. The van der Waals surface area contributed by atoms with Gasteiger partial charge < -0.3 is 9.47 Å². The SMILES string of the molecule is O=C(COc1ccc2cc(Br)ccc2c1)NO[C@@H]1CCCCO1. The van der Waals surface area contributed by atoms with Gasteiger partial charge in [-0.1, -0.05) is 28.1 Å². The molecule has 0 unspecified atom stereocenters. The van der Waals surface area contributed by atoms with Crippen LogP contribution in [0.25, 0.3) is 10.8 Å². The van der Waals surface area contributed by atoms with Crippen LogP contribution in [0, 0.1) is 0 Å². The van der Waals surface area contributed by atoms with E-state index in [0.717, 1.165) is 34.5 Å². The number of benzene rings is 2. The van der Waals surface area contributed by atoms with E-state index in [1.54, 1.807) is 0 Å². The molecular formula is C17H18BrNO4. The number of nitrogens with one attached hydrogen (secondary N) is 1. The molecule has 3 rings (SSSR count). The number of carbonyl (C=O) groups is 1. The number of carbonyl (C=O) groups excluding carboxylic acids is 1. The molecule has 1 N–H and O–H groups in total. The van der Waals surface area contributed by atoms with Gasteiger partial charge in [-0.3, -0.25) is 4.79 Å². The number of hydrogen-bond donors (Lipinski definition) is 1. The summed E-state index contributed by atoms with van der Waals surface area (Å²) in [6.07, 6.45) is 2.52. The maximum atomic E-state index is 11.7. The molecule has 23 heavy (non-hydrogen) atoms. The van der Waals surface area contributed by atoms with Crippen LogP contribution in [0.4, 0.5) is 0 Å². The lowest BCUT2D eigenvalue weighted by molar-refractivity contribution is -0.201. The number of ether oxygens (including phenoxy) is 2. The molecular weight excluding hydrogens is 362 g/mol. The smallest absolute Gasteiger partial charge is 0.281 e. The fourth-order valence-corrected chi connectivity index (χ4v) is 2.78. The third-order valence-corrected chi connectivity index (χ3v) is 4.08. The summed E-state index contributed by atoms with van der Waals surface area (Å²) in [7, 11) is 0. The van der Waals surface area contributed by atoms with Crippen molar-refractivity contribution in [2.45, 2.75) is 25.6 Å². The Labute approximate surface area is 143 Å². The zero-order valence-electron chi connectivity index (χ0n) is 12.6. The lowest BCUT2D eigenvalue weighted by atomic mass is 10.1. The van der Waals surface area contributed by atoms with Gasteiger partial charge in [0.1, 0.15) is 5.75 Å². The molecule has 1 heterocycles. The van der Waals surface area contributed by atoms with Crippen LogP contribution >= 0.6 is 15.9 Å². The van der Waals surface area contributed by atoms with Gasteiger partial charge in [-0.2, -0.15) is 0 Å². The van der Waals surface area contributed by atoms with Gasteiger partial charge in [0, 0.05) is 17.5 Å². The van der Waals surface area contributed by atoms with E-state index in [1.807, 2.05) is 36.4 Å². The normalized spacial score (nSPS) is 17.9. The van der Waals surface area contributed by atoms with E-state index in [9.17, 15) is 4.79 Å². The van der Waals surface area contributed by atoms with Gasteiger partial charge in [-0.05, 0) is 47.9 Å². The molecule has 6 heteroatoms. The third kappa shape index (κ3) is 4.67. The van der Waals surface area contributed by atoms with Crippen molar-refractivity contribution < 1.29 is 19.1 Å². The van der Waals surface area contributed by atoms with Crippen molar-refractivity contribution in [3.05, 3.63) is 40.9 Å². The maximum Gasteiger partial charge on any atom is 0.281 e. The molecule has 0 aromatic heterocycles. The molecule has 1 aliphatic heterocycles. The van der Waals surface area contributed by atoms with E-state index < -0.39 is 0 Å². The van der Waals surface area contributed by atoms with E-state index in [4.69, 9.17) is 14.3 Å². The van der Waals surface area contributed by atoms with Gasteiger partial charge >= 0.3 is 0 Å². The molecule has 0 spiro atoms. The van der Waals surface area contributed by atoms with E-state index in [2.05, 4.69) is 21.4 Å². The number of hydrogen-bond acceptors (Lipinski definition) is 4. The van der Waals surface area contributed by atoms with Crippen molar-refractivity contribution in [1.29, 1.82) is 0 Å². The highest BCUT2D eigenvalue weighted by Crippen LogP contribution is 2.24. The van der Waals surface area contributed by atoms with Crippen molar-refractivity contribution in [1.82, 2.24) is 5.48 Å². The van der Waals surface area contributed by atoms with Crippen LogP contribution < -0.4 is 10.2 Å². The number of fused-ring (bicyclic) bond motifs is 1. The molecule has 0 saturated carbocycles. The van der Waals surface area contributed by atoms with E-state index in [1.165, 1.54) is 0 Å². The summed E-state index contributed by atoms with van der Waals surface area (Å²) in [4.78, 5) is 17.0. The molecule has 0 radical (unpaired) electrons. The maximum absolute atomic E-state index is 11.7. The third-order valence-electron chi connectivity index (χ3n) is 3.59. The highest BCUT2D eigenvalue weighted by Gasteiger charge is 2.15. The lowest BCUT2D eigenvalue weighted by Crippen LogP contribution is -2.35. The van der Waals surface area contributed by atoms with Crippen LogP contribution in [0.15, 0.2) is 40.9 Å². The Morgan fingerprint density at radius 3 is 2.87 bits per heavy atom. The van der Waals surface area contributed by atoms with Crippen LogP contribution in [-0.2, 0) is 14.4 Å². The molecule has 1 saturated heterocycles. The van der Waals surface area contributed by atoms with Crippen LogP contribution in [0.3, 0.4) is 0 Å². The first-order chi connectivity index (χ1) is 11.2. The lowest BCUT2D eigenvalue weighted by Gasteiger charge is -2.22. The minimum Gasteiger partial charge on any atom is -0.484 e. The molecule has 0 aliphatic carbocycles. The number of halogens is 1. The monoisotopic (exact) mass is 379 g/mol. The Kier molecular flexibility index (Phi) is 5.48. The Hall–Kier alpha value is -1.63. The van der Waals surface area contributed by atoms with Gasteiger partial charge in [-0.25, -0.2) is 10.3 Å². The predicted molar refractivity (Wildman–Crippen MR) is 90.0 cm³/mol. The zero-order valence-corrected chi connectivity index (χ0v) is 14.2. The number of rotatable bonds is 5. The molecule has 122 valence electrons. The second-order valence-electron chi connectivity index (χ2n) is 5.38. The van der Waals surface area contributed by atoms with Gasteiger partial charge in [0.15, 0.2) is 12.9 Å². The molecule has 5 nitrogen and oxygen atoms in total. The molecule has 1 amide bonds. The Morgan fingerprint density at radius 2 is 2.04 bits per heavy atom. The molecule has 2 aromatic carbocycles. The quantitative estimate of drug-likeness (QED) is 0.806. The van der Waals surface area contributed by atoms with Gasteiger partial charge in [0.05, 0.1) is 0 Å². The fourth-order valence-electron chi connectivity index (χ4n) is 2.40. The van der Waals surface area contributed by atoms with Crippen LogP contribution in [0.1, 0.15) is 19.3 Å². The van der Waals surface area contributed by atoms with E-state index in [0.29, 0.717) is 12.4 Å². The second-order valence-corrected chi connectivity index (χ2v) is 6.30. The van der Waals surface area contributed by atoms with Gasteiger partial charge in [-0.15, -0.1) is 0 Å². The first-order valence-electron chi connectivity index (χ1n) is 7.59. The largest absolute Gasteiger partial charge is 0.484 e. The first kappa shape index (κ1) is 16.2. The van der Waals surface area contributed by atoms with Crippen molar-refractivity contribution >= 4 is 32.6 Å². The number of hydroxylamine groups is 1. The summed E-state index contributed by atoms with van der Waals surface area (Å²) in [5, 5.41) is 2.16. The summed E-state index contributed by atoms with van der Waals surface area (Å²) < 4.78 is 11.9. The fraction of sp³-hybridized carbons (Fsp3) is 0.353. The van der Waals surface area contributed by atoms with Crippen molar-refractivity contribution in [2.75, 3.05) is 13.2 Å².